The van der Waals surface area contributed by atoms with Gasteiger partial charge in [-0.3, -0.25) is 10.1 Å². The molecule has 0 saturated heterocycles. The zero-order valence-electron chi connectivity index (χ0n) is 10.1. The van der Waals surface area contributed by atoms with Gasteiger partial charge in [-0.1, -0.05) is 16.5 Å². The molecule has 0 bridgehead atoms. The summed E-state index contributed by atoms with van der Waals surface area (Å²) in [5.41, 5.74) is 0.577. The van der Waals surface area contributed by atoms with Crippen LogP contribution >= 0.6 is 11.3 Å². The Labute approximate surface area is 115 Å². The van der Waals surface area contributed by atoms with Gasteiger partial charge < -0.3 is 4.52 Å². The highest BCUT2D eigenvalue weighted by molar-refractivity contribution is 7.22. The van der Waals surface area contributed by atoms with Gasteiger partial charge in [0.05, 0.1) is 10.4 Å². The van der Waals surface area contributed by atoms with E-state index in [0.29, 0.717) is 10.4 Å². The molecule has 3 aromatic rings. The van der Waals surface area contributed by atoms with Gasteiger partial charge in [0.2, 0.25) is 5.76 Å². The number of nitrogens with zero attached hydrogens (tertiary/aromatic N) is 2. The number of halogens is 2. The summed E-state index contributed by atoms with van der Waals surface area (Å²) in [6.45, 7) is 1.68. The van der Waals surface area contributed by atoms with Crippen LogP contribution < -0.4 is 5.32 Å². The van der Waals surface area contributed by atoms with E-state index in [9.17, 15) is 13.6 Å². The zero-order valence-corrected chi connectivity index (χ0v) is 10.9. The summed E-state index contributed by atoms with van der Waals surface area (Å²) in [7, 11) is 0. The molecule has 2 aromatic heterocycles. The van der Waals surface area contributed by atoms with Crippen molar-refractivity contribution in [1.82, 2.24) is 10.1 Å². The summed E-state index contributed by atoms with van der Waals surface area (Å²) in [6, 6.07) is 3.36. The predicted molar refractivity (Wildman–Crippen MR) is 68.7 cm³/mol. The molecule has 0 spiro atoms. The molecule has 0 atom stereocenters. The normalized spacial score (nSPS) is 10.9. The number of anilines is 1. The third-order valence-electron chi connectivity index (χ3n) is 2.49. The Balaban J connectivity index is 1.91. The molecule has 0 radical (unpaired) electrons. The van der Waals surface area contributed by atoms with E-state index in [2.05, 4.69) is 15.5 Å². The maximum atomic E-state index is 13.5. The SMILES string of the molecule is Cc1cc(C(=O)Nc2nc3c(F)cc(F)cc3s2)on1. The Bertz CT molecular complexity index is 812. The van der Waals surface area contributed by atoms with Crippen molar-refractivity contribution in [2.75, 3.05) is 5.32 Å². The maximum absolute atomic E-state index is 13.5. The average Bonchev–Trinajstić information content (AvgIpc) is 2.95. The Kier molecular flexibility index (Phi) is 2.94. The molecule has 0 aliphatic heterocycles. The van der Waals surface area contributed by atoms with Crippen molar-refractivity contribution in [2.24, 2.45) is 0 Å². The number of fused-ring (bicyclic) bond motifs is 1. The van der Waals surface area contributed by atoms with Crippen molar-refractivity contribution < 1.29 is 18.1 Å². The van der Waals surface area contributed by atoms with Crippen LogP contribution in [0.3, 0.4) is 0 Å². The van der Waals surface area contributed by atoms with Gasteiger partial charge in [-0.15, -0.1) is 0 Å². The molecule has 0 saturated carbocycles. The maximum Gasteiger partial charge on any atom is 0.296 e. The second-order valence-electron chi connectivity index (χ2n) is 4.04. The molecule has 0 fully saturated rings. The van der Waals surface area contributed by atoms with Crippen LogP contribution in [0.25, 0.3) is 10.2 Å². The van der Waals surface area contributed by atoms with E-state index >= 15 is 0 Å². The number of hydrogen-bond acceptors (Lipinski definition) is 5. The molecule has 0 unspecified atom stereocenters. The first-order valence-corrected chi connectivity index (χ1v) is 6.35. The standard InChI is InChI=1S/C12H7F2N3O2S/c1-5-2-8(19-17-5)11(18)16-12-15-10-7(14)3-6(13)4-9(10)20-12/h2-4H,1H3,(H,15,16,18). The van der Waals surface area contributed by atoms with E-state index in [-0.39, 0.29) is 16.4 Å². The van der Waals surface area contributed by atoms with Gasteiger partial charge in [0.1, 0.15) is 11.3 Å². The van der Waals surface area contributed by atoms with Gasteiger partial charge in [-0.25, -0.2) is 13.8 Å². The van der Waals surface area contributed by atoms with Crippen LogP contribution in [0.4, 0.5) is 13.9 Å². The number of amides is 1. The topological polar surface area (TPSA) is 68.0 Å². The summed E-state index contributed by atoms with van der Waals surface area (Å²) in [5.74, 6) is -1.99. The molecule has 0 aliphatic carbocycles. The minimum absolute atomic E-state index is 0.0143. The van der Waals surface area contributed by atoms with Gasteiger partial charge in [-0.05, 0) is 13.0 Å². The lowest BCUT2D eigenvalue weighted by atomic mass is 10.3. The van der Waals surface area contributed by atoms with Crippen molar-refractivity contribution >= 4 is 32.6 Å². The van der Waals surface area contributed by atoms with Gasteiger partial charge >= 0.3 is 0 Å². The Hall–Kier alpha value is -2.35. The number of rotatable bonds is 2. The minimum Gasteiger partial charge on any atom is -0.351 e. The second kappa shape index (κ2) is 4.64. The summed E-state index contributed by atoms with van der Waals surface area (Å²) in [5, 5.41) is 6.19. The average molecular weight is 295 g/mol. The third-order valence-corrected chi connectivity index (χ3v) is 3.40. The van der Waals surface area contributed by atoms with E-state index in [1.165, 1.54) is 6.07 Å². The molecular formula is C12H7F2N3O2S. The highest BCUT2D eigenvalue weighted by Crippen LogP contribution is 2.28. The first-order valence-electron chi connectivity index (χ1n) is 5.53. The number of aromatic nitrogens is 2. The van der Waals surface area contributed by atoms with Crippen LogP contribution in [0.15, 0.2) is 22.7 Å². The Morgan fingerprint density at radius 2 is 2.15 bits per heavy atom. The quantitative estimate of drug-likeness (QED) is 0.788. The van der Waals surface area contributed by atoms with Crippen molar-refractivity contribution in [3.63, 3.8) is 0 Å². The minimum atomic E-state index is -0.771. The van der Waals surface area contributed by atoms with E-state index < -0.39 is 17.5 Å². The van der Waals surface area contributed by atoms with Crippen LogP contribution in [0, 0.1) is 18.6 Å². The molecule has 5 nitrogen and oxygen atoms in total. The van der Waals surface area contributed by atoms with Crippen molar-refractivity contribution in [1.29, 1.82) is 0 Å². The number of nitrogens with one attached hydrogen (secondary N) is 1. The molecule has 8 heteroatoms. The lowest BCUT2D eigenvalue weighted by Gasteiger charge is -1.95. The summed E-state index contributed by atoms with van der Waals surface area (Å²) >= 11 is 0.970. The van der Waals surface area contributed by atoms with E-state index in [0.717, 1.165) is 23.5 Å². The fourth-order valence-electron chi connectivity index (χ4n) is 1.64. The van der Waals surface area contributed by atoms with Gasteiger partial charge in [-0.2, -0.15) is 0 Å². The van der Waals surface area contributed by atoms with Crippen LogP contribution in [-0.4, -0.2) is 16.0 Å². The van der Waals surface area contributed by atoms with E-state index in [1.807, 2.05) is 0 Å². The number of carbonyl (C=O) groups is 1. The number of thiazole rings is 1. The lowest BCUT2D eigenvalue weighted by Crippen LogP contribution is -2.10. The largest absolute Gasteiger partial charge is 0.351 e. The van der Waals surface area contributed by atoms with Crippen molar-refractivity contribution in [3.05, 3.63) is 41.3 Å². The van der Waals surface area contributed by atoms with Crippen LogP contribution in [0.1, 0.15) is 16.2 Å². The van der Waals surface area contributed by atoms with Gasteiger partial charge in [0.25, 0.3) is 5.91 Å². The summed E-state index contributed by atoms with van der Waals surface area (Å²) in [6.07, 6.45) is 0. The molecule has 1 N–H and O–H groups in total. The number of hydrogen-bond donors (Lipinski definition) is 1. The molecule has 102 valence electrons. The number of aryl methyl sites for hydroxylation is 1. The number of benzene rings is 1. The number of carbonyl (C=O) groups excluding carboxylic acids is 1. The zero-order chi connectivity index (χ0) is 14.3. The van der Waals surface area contributed by atoms with Crippen LogP contribution in [0.5, 0.6) is 0 Å². The lowest BCUT2D eigenvalue weighted by molar-refractivity contribution is 0.0988. The molecule has 3 rings (SSSR count). The Morgan fingerprint density at radius 1 is 1.35 bits per heavy atom. The van der Waals surface area contributed by atoms with Crippen LogP contribution in [-0.2, 0) is 0 Å². The second-order valence-corrected chi connectivity index (χ2v) is 5.07. The summed E-state index contributed by atoms with van der Waals surface area (Å²) < 4.78 is 31.7. The first-order chi connectivity index (χ1) is 9.52. The van der Waals surface area contributed by atoms with Crippen LogP contribution in [0.2, 0.25) is 0 Å². The fraction of sp³-hybridized carbons (Fsp3) is 0.0833. The van der Waals surface area contributed by atoms with Gasteiger partial charge in [0, 0.05) is 12.1 Å². The highest BCUT2D eigenvalue weighted by atomic mass is 32.1. The van der Waals surface area contributed by atoms with E-state index in [4.69, 9.17) is 4.52 Å². The smallest absolute Gasteiger partial charge is 0.296 e. The summed E-state index contributed by atoms with van der Waals surface area (Å²) in [4.78, 5) is 15.7. The van der Waals surface area contributed by atoms with Crippen molar-refractivity contribution in [2.45, 2.75) is 6.92 Å². The molecule has 2 heterocycles. The molecule has 20 heavy (non-hydrogen) atoms. The Morgan fingerprint density at radius 3 is 2.85 bits per heavy atom. The molecule has 0 aliphatic rings. The molecular weight excluding hydrogens is 288 g/mol. The molecule has 1 amide bonds. The third kappa shape index (κ3) is 2.25. The first kappa shape index (κ1) is 12.7. The molecule has 1 aromatic carbocycles. The van der Waals surface area contributed by atoms with Crippen molar-refractivity contribution in [3.8, 4) is 0 Å². The predicted octanol–water partition coefficient (Wildman–Crippen LogP) is 3.12. The van der Waals surface area contributed by atoms with Gasteiger partial charge in [0.15, 0.2) is 10.9 Å². The fourth-order valence-corrected chi connectivity index (χ4v) is 2.54. The van der Waals surface area contributed by atoms with E-state index in [1.54, 1.807) is 6.92 Å². The monoisotopic (exact) mass is 295 g/mol. The highest BCUT2D eigenvalue weighted by Gasteiger charge is 2.16.